The third-order valence-corrected chi connectivity index (χ3v) is 2.17. The van der Waals surface area contributed by atoms with Crippen molar-refractivity contribution < 1.29 is 28.0 Å². The lowest BCUT2D eigenvalue weighted by atomic mass is 10.8. The molecule has 0 bridgehead atoms. The summed E-state index contributed by atoms with van der Waals surface area (Å²) in [5.41, 5.74) is 0. The van der Waals surface area contributed by atoms with Crippen molar-refractivity contribution in [2.75, 3.05) is 13.2 Å². The van der Waals surface area contributed by atoms with Gasteiger partial charge in [0, 0.05) is 22.5 Å². The average Bonchev–Trinajstić information content (AvgIpc) is 1.76. The second-order valence-electron chi connectivity index (χ2n) is 1.57. The van der Waals surface area contributed by atoms with Gasteiger partial charge in [-0.3, -0.25) is 9.05 Å². The molecule has 0 aliphatic rings. The zero-order chi connectivity index (χ0) is 9.83. The van der Waals surface area contributed by atoms with E-state index in [1.165, 1.54) is 0 Å². The molecular formula is C2H6Cl2O6P2. The fourth-order valence-electron chi connectivity index (χ4n) is 0.300. The summed E-state index contributed by atoms with van der Waals surface area (Å²) in [6.45, 7) is -8.93. The van der Waals surface area contributed by atoms with Gasteiger partial charge in [-0.05, 0) is 0 Å². The highest BCUT2D eigenvalue weighted by Gasteiger charge is 2.16. The summed E-state index contributed by atoms with van der Waals surface area (Å²) in [4.78, 5) is 16.7. The molecule has 2 N–H and O–H groups in total. The molecule has 0 rings (SSSR count). The lowest BCUT2D eigenvalue weighted by Crippen LogP contribution is -1.98. The molecule has 0 aromatic heterocycles. The minimum absolute atomic E-state index is 0.394. The molecule has 0 saturated heterocycles. The molecule has 0 spiro atoms. The van der Waals surface area contributed by atoms with Gasteiger partial charge in [0.1, 0.15) is 0 Å². The van der Waals surface area contributed by atoms with Crippen LogP contribution < -0.4 is 0 Å². The Hall–Kier alpha value is 0.880. The smallest absolute Gasteiger partial charge is 0.313 e. The summed E-state index contributed by atoms with van der Waals surface area (Å²) in [7, 11) is 0. The monoisotopic (exact) mass is 258 g/mol. The Morgan fingerprint density at radius 1 is 1.00 bits per heavy atom. The second-order valence-corrected chi connectivity index (χ2v) is 6.45. The molecule has 2 atom stereocenters. The molecule has 6 nitrogen and oxygen atoms in total. The van der Waals surface area contributed by atoms with E-state index >= 15 is 0 Å². The van der Waals surface area contributed by atoms with E-state index < -0.39 is 27.1 Å². The van der Waals surface area contributed by atoms with Crippen LogP contribution in [0, 0.1) is 0 Å². The maximum Gasteiger partial charge on any atom is 0.421 e. The van der Waals surface area contributed by atoms with E-state index in [-0.39, 0.29) is 0 Å². The zero-order valence-electron chi connectivity index (χ0n) is 5.59. The average molecular weight is 259 g/mol. The van der Waals surface area contributed by atoms with Gasteiger partial charge in [0.15, 0.2) is 0 Å². The predicted molar refractivity (Wildman–Crippen MR) is 43.3 cm³/mol. The largest absolute Gasteiger partial charge is 0.421 e. The molecule has 0 heterocycles. The van der Waals surface area contributed by atoms with Gasteiger partial charge in [-0.1, -0.05) is 0 Å². The van der Waals surface area contributed by atoms with Crippen LogP contribution in [-0.2, 0) is 18.2 Å². The van der Waals surface area contributed by atoms with E-state index in [9.17, 15) is 9.13 Å². The third kappa shape index (κ3) is 10.9. The first kappa shape index (κ1) is 12.9. The van der Waals surface area contributed by atoms with Crippen molar-refractivity contribution in [3.8, 4) is 0 Å². The number of rotatable bonds is 5. The van der Waals surface area contributed by atoms with Crippen molar-refractivity contribution in [3.05, 3.63) is 0 Å². The first-order chi connectivity index (χ1) is 5.21. The normalized spacial score (nSPS) is 21.3. The van der Waals surface area contributed by atoms with Crippen molar-refractivity contribution >= 4 is 36.4 Å². The minimum atomic E-state index is -4.07. The molecule has 0 radical (unpaired) electrons. The van der Waals surface area contributed by atoms with Gasteiger partial charge < -0.3 is 9.79 Å². The summed E-state index contributed by atoms with van der Waals surface area (Å²) in [5, 5.41) is 0. The number of hydrogen-bond donors (Lipinski definition) is 2. The molecule has 0 fully saturated rings. The van der Waals surface area contributed by atoms with E-state index in [0.717, 1.165) is 0 Å². The van der Waals surface area contributed by atoms with Gasteiger partial charge in [0.25, 0.3) is 0 Å². The molecule has 74 valence electrons. The zero-order valence-corrected chi connectivity index (χ0v) is 8.89. The molecule has 2 unspecified atom stereocenters. The molecule has 0 aromatic rings. The van der Waals surface area contributed by atoms with Crippen LogP contribution in [0.5, 0.6) is 0 Å². The summed E-state index contributed by atoms with van der Waals surface area (Å²) < 4.78 is 28.6. The highest BCUT2D eigenvalue weighted by molar-refractivity contribution is 7.80. The summed E-state index contributed by atoms with van der Waals surface area (Å²) >= 11 is 9.50. The van der Waals surface area contributed by atoms with Crippen LogP contribution in [0.1, 0.15) is 0 Å². The Morgan fingerprint density at radius 3 is 1.42 bits per heavy atom. The van der Waals surface area contributed by atoms with Crippen LogP contribution in [0.25, 0.3) is 0 Å². The van der Waals surface area contributed by atoms with Crippen molar-refractivity contribution in [1.82, 2.24) is 0 Å². The van der Waals surface area contributed by atoms with Gasteiger partial charge in [-0.15, -0.1) is 0 Å². The van der Waals surface area contributed by atoms with Gasteiger partial charge >= 0.3 is 13.9 Å². The Labute approximate surface area is 78.0 Å². The van der Waals surface area contributed by atoms with Gasteiger partial charge in [0.05, 0.1) is 13.2 Å². The Bertz CT molecular complexity index is 194. The maximum absolute atomic E-state index is 10.2. The van der Waals surface area contributed by atoms with Gasteiger partial charge in [0.2, 0.25) is 0 Å². The molecule has 0 amide bonds. The SMILES string of the molecule is O=P(O)(Cl)OCCOP(=O)(O)Cl. The van der Waals surface area contributed by atoms with Crippen molar-refractivity contribution in [2.45, 2.75) is 0 Å². The molecule has 10 heteroatoms. The topological polar surface area (TPSA) is 93.1 Å². The van der Waals surface area contributed by atoms with Crippen molar-refractivity contribution in [2.24, 2.45) is 0 Å². The van der Waals surface area contributed by atoms with Crippen LogP contribution >= 0.6 is 36.4 Å². The highest BCUT2D eigenvalue weighted by Crippen LogP contribution is 2.49. The Kier molecular flexibility index (Phi) is 5.30. The third-order valence-electron chi connectivity index (χ3n) is 0.584. The number of halogens is 2. The van der Waals surface area contributed by atoms with E-state index in [4.69, 9.17) is 32.3 Å². The molecular weight excluding hydrogens is 253 g/mol. The van der Waals surface area contributed by atoms with Crippen molar-refractivity contribution in [3.63, 3.8) is 0 Å². The van der Waals surface area contributed by atoms with Crippen LogP contribution in [0.2, 0.25) is 0 Å². The molecule has 12 heavy (non-hydrogen) atoms. The van der Waals surface area contributed by atoms with Crippen molar-refractivity contribution in [1.29, 1.82) is 0 Å². The Morgan fingerprint density at radius 2 is 1.25 bits per heavy atom. The van der Waals surface area contributed by atoms with E-state index in [1.54, 1.807) is 0 Å². The lowest BCUT2D eigenvalue weighted by molar-refractivity contribution is 0.192. The number of hydrogen-bond acceptors (Lipinski definition) is 4. The molecule has 0 aliphatic heterocycles. The molecule has 0 aromatic carbocycles. The highest BCUT2D eigenvalue weighted by atomic mass is 35.7. The van der Waals surface area contributed by atoms with E-state index in [1.807, 2.05) is 0 Å². The molecule has 0 saturated carbocycles. The van der Waals surface area contributed by atoms with Crippen LogP contribution in [0.3, 0.4) is 0 Å². The van der Waals surface area contributed by atoms with E-state index in [0.29, 0.717) is 0 Å². The van der Waals surface area contributed by atoms with E-state index in [2.05, 4.69) is 9.05 Å². The second kappa shape index (κ2) is 4.94. The maximum atomic E-state index is 10.2. The van der Waals surface area contributed by atoms with Crippen LogP contribution in [0.15, 0.2) is 0 Å². The predicted octanol–water partition coefficient (Wildman–Crippen LogP) is 1.70. The summed E-state index contributed by atoms with van der Waals surface area (Å²) in [6.07, 6.45) is 0. The Balaban J connectivity index is 3.48. The van der Waals surface area contributed by atoms with Crippen LogP contribution in [-0.4, -0.2) is 23.0 Å². The fraction of sp³-hybridized carbons (Fsp3) is 1.00. The van der Waals surface area contributed by atoms with Gasteiger partial charge in [-0.2, -0.15) is 0 Å². The summed E-state index contributed by atoms with van der Waals surface area (Å²) in [6, 6.07) is 0. The first-order valence-corrected chi connectivity index (χ1v) is 7.51. The minimum Gasteiger partial charge on any atom is -0.313 e. The van der Waals surface area contributed by atoms with Crippen LogP contribution in [0.4, 0.5) is 0 Å². The first-order valence-electron chi connectivity index (χ1n) is 2.55. The standard InChI is InChI=1S/C2H6Cl2O6P2/c3-11(5,6)9-1-2-10-12(4,7)8/h1-2H2,(H,5,6)(H,7,8). The quantitative estimate of drug-likeness (QED) is 0.576. The fourth-order valence-corrected chi connectivity index (χ4v) is 1.31. The molecule has 0 aliphatic carbocycles. The van der Waals surface area contributed by atoms with Gasteiger partial charge in [-0.25, -0.2) is 9.13 Å². The lowest BCUT2D eigenvalue weighted by Gasteiger charge is -2.05. The summed E-state index contributed by atoms with van der Waals surface area (Å²) in [5.74, 6) is 0.